The molecule has 0 aliphatic rings. The summed E-state index contributed by atoms with van der Waals surface area (Å²) in [5.41, 5.74) is 6.90. The van der Waals surface area contributed by atoms with Crippen LogP contribution in [0.25, 0.3) is 5.57 Å². The first-order valence-corrected chi connectivity index (χ1v) is 6.34. The first kappa shape index (κ1) is 16.3. The highest BCUT2D eigenvalue weighted by atomic mass is 19.4. The van der Waals surface area contributed by atoms with Crippen LogP contribution in [0.1, 0.15) is 36.5 Å². The Morgan fingerprint density at radius 3 is 2.55 bits per heavy atom. The highest BCUT2D eigenvalue weighted by Crippen LogP contribution is 2.32. The minimum Gasteiger partial charge on any atom is -0.316 e. The average molecular weight is 282 g/mol. The van der Waals surface area contributed by atoms with E-state index < -0.39 is 12.2 Å². The van der Waals surface area contributed by atoms with Gasteiger partial charge >= 0.3 is 6.18 Å². The van der Waals surface area contributed by atoms with Crippen molar-refractivity contribution in [3.63, 3.8) is 0 Å². The molecule has 108 valence electrons. The van der Waals surface area contributed by atoms with Gasteiger partial charge in [0.1, 0.15) is 6.04 Å². The molecule has 2 N–H and O–H groups in total. The van der Waals surface area contributed by atoms with Gasteiger partial charge in [-0.25, -0.2) is 0 Å². The number of benzene rings is 1. The van der Waals surface area contributed by atoms with Gasteiger partial charge in [-0.15, -0.1) is 0 Å². The van der Waals surface area contributed by atoms with Gasteiger partial charge in [0.15, 0.2) is 0 Å². The lowest BCUT2D eigenvalue weighted by molar-refractivity contribution is -0.134. The molecule has 0 aliphatic heterocycles. The number of unbranched alkanes of at least 4 members (excludes halogenated alkanes) is 1. The molecule has 0 bridgehead atoms. The van der Waals surface area contributed by atoms with Crippen molar-refractivity contribution in [2.75, 3.05) is 0 Å². The zero-order chi connectivity index (χ0) is 15.3. The minimum atomic E-state index is -4.49. The second-order valence-electron chi connectivity index (χ2n) is 4.61. The molecule has 0 aromatic heterocycles. The molecule has 0 amide bonds. The number of hydrogen-bond donors (Lipinski definition) is 1. The first-order chi connectivity index (χ1) is 9.31. The van der Waals surface area contributed by atoms with Crippen LogP contribution >= 0.6 is 0 Å². The number of allylic oxidation sites excluding steroid dienone is 1. The Labute approximate surface area is 116 Å². The summed E-state index contributed by atoms with van der Waals surface area (Å²) in [4.78, 5) is 0. The lowest BCUT2D eigenvalue weighted by Gasteiger charge is -2.21. The Hall–Kier alpha value is -1.80. The molecule has 0 saturated carbocycles. The van der Waals surface area contributed by atoms with E-state index in [2.05, 4.69) is 0 Å². The molecule has 2 nitrogen and oxygen atoms in total. The molecule has 20 heavy (non-hydrogen) atoms. The van der Waals surface area contributed by atoms with Gasteiger partial charge in [0, 0.05) is 0 Å². The van der Waals surface area contributed by atoms with E-state index >= 15 is 0 Å². The molecule has 0 saturated heterocycles. The number of halogens is 3. The van der Waals surface area contributed by atoms with Crippen molar-refractivity contribution in [1.82, 2.24) is 0 Å². The maximum absolute atomic E-state index is 12.9. The smallest absolute Gasteiger partial charge is 0.316 e. The molecule has 0 aliphatic carbocycles. The van der Waals surface area contributed by atoms with Gasteiger partial charge < -0.3 is 5.73 Å². The van der Waals surface area contributed by atoms with Crippen LogP contribution in [0, 0.1) is 18.3 Å². The summed E-state index contributed by atoms with van der Waals surface area (Å²) in [6, 6.07) is 4.55. The van der Waals surface area contributed by atoms with Gasteiger partial charge in [-0.2, -0.15) is 18.4 Å². The fourth-order valence-corrected chi connectivity index (χ4v) is 1.94. The summed E-state index contributed by atoms with van der Waals surface area (Å²) in [6.45, 7) is 3.57. The molecule has 1 rings (SSSR count). The Balaban J connectivity index is 3.29. The second-order valence-corrected chi connectivity index (χ2v) is 4.61. The van der Waals surface area contributed by atoms with Gasteiger partial charge in [-0.05, 0) is 42.2 Å². The number of rotatable bonds is 4. The first-order valence-electron chi connectivity index (χ1n) is 6.34. The molecule has 1 unspecified atom stereocenters. The SMILES string of the molecule is CCC/C=C(\c1ccc(C#N)cc1C)C(N)C(F)(F)F. The van der Waals surface area contributed by atoms with E-state index in [1.165, 1.54) is 18.2 Å². The van der Waals surface area contributed by atoms with Crippen molar-refractivity contribution in [3.8, 4) is 6.07 Å². The lowest BCUT2D eigenvalue weighted by atomic mass is 9.92. The van der Waals surface area contributed by atoms with Gasteiger partial charge in [0.25, 0.3) is 0 Å². The van der Waals surface area contributed by atoms with Crippen LogP contribution in [0.4, 0.5) is 13.2 Å². The van der Waals surface area contributed by atoms with E-state index in [0.29, 0.717) is 23.1 Å². The van der Waals surface area contributed by atoms with Gasteiger partial charge in [0.05, 0.1) is 11.6 Å². The van der Waals surface area contributed by atoms with Crippen molar-refractivity contribution in [3.05, 3.63) is 41.0 Å². The molecular formula is C15H17F3N2. The average Bonchev–Trinajstić information content (AvgIpc) is 2.39. The van der Waals surface area contributed by atoms with E-state index in [-0.39, 0.29) is 5.57 Å². The Morgan fingerprint density at radius 2 is 2.10 bits per heavy atom. The van der Waals surface area contributed by atoms with Crippen LogP contribution in [0.3, 0.4) is 0 Å². The highest BCUT2D eigenvalue weighted by Gasteiger charge is 2.39. The van der Waals surface area contributed by atoms with Crippen LogP contribution in [0.5, 0.6) is 0 Å². The monoisotopic (exact) mass is 282 g/mol. The van der Waals surface area contributed by atoms with E-state index in [1.807, 2.05) is 13.0 Å². The second kappa shape index (κ2) is 6.58. The molecule has 0 heterocycles. The third kappa shape index (κ3) is 3.84. The van der Waals surface area contributed by atoms with Gasteiger partial charge in [-0.3, -0.25) is 0 Å². The Bertz CT molecular complexity index is 539. The quantitative estimate of drug-likeness (QED) is 0.909. The summed E-state index contributed by atoms with van der Waals surface area (Å²) < 4.78 is 38.6. The molecule has 5 heteroatoms. The van der Waals surface area contributed by atoms with E-state index in [9.17, 15) is 13.2 Å². The summed E-state index contributed by atoms with van der Waals surface area (Å²) in [7, 11) is 0. The third-order valence-electron chi connectivity index (χ3n) is 3.01. The van der Waals surface area contributed by atoms with E-state index in [4.69, 9.17) is 11.0 Å². The molecule has 0 fully saturated rings. The summed E-state index contributed by atoms with van der Waals surface area (Å²) in [6.07, 6.45) is -1.69. The summed E-state index contributed by atoms with van der Waals surface area (Å²) in [5, 5.41) is 8.80. The largest absolute Gasteiger partial charge is 0.407 e. The topological polar surface area (TPSA) is 49.8 Å². The number of nitrogens with zero attached hydrogens (tertiary/aromatic N) is 1. The van der Waals surface area contributed by atoms with E-state index in [1.54, 1.807) is 13.0 Å². The molecule has 1 aromatic carbocycles. The fourth-order valence-electron chi connectivity index (χ4n) is 1.94. The van der Waals surface area contributed by atoms with Gasteiger partial charge in [0.2, 0.25) is 0 Å². The predicted octanol–water partition coefficient (Wildman–Crippen LogP) is 3.94. The van der Waals surface area contributed by atoms with Crippen LogP contribution in [0.2, 0.25) is 0 Å². The van der Waals surface area contributed by atoms with Crippen LogP contribution in [-0.2, 0) is 0 Å². The molecular weight excluding hydrogens is 265 g/mol. The zero-order valence-electron chi connectivity index (χ0n) is 11.5. The highest BCUT2D eigenvalue weighted by molar-refractivity contribution is 5.73. The molecule has 0 spiro atoms. The molecule has 0 radical (unpaired) electrons. The van der Waals surface area contributed by atoms with Crippen molar-refractivity contribution in [2.45, 2.75) is 38.9 Å². The predicted molar refractivity (Wildman–Crippen MR) is 72.8 cm³/mol. The number of nitriles is 1. The number of alkyl halides is 3. The van der Waals surface area contributed by atoms with Crippen LogP contribution < -0.4 is 5.73 Å². The van der Waals surface area contributed by atoms with Crippen molar-refractivity contribution < 1.29 is 13.2 Å². The van der Waals surface area contributed by atoms with E-state index in [0.717, 1.165) is 6.42 Å². The number of nitrogens with two attached hydrogens (primary N) is 1. The summed E-state index contributed by atoms with van der Waals surface area (Å²) in [5.74, 6) is 0. The van der Waals surface area contributed by atoms with Crippen LogP contribution in [0.15, 0.2) is 24.3 Å². The molecule has 1 atom stereocenters. The Kier molecular flexibility index (Phi) is 5.34. The van der Waals surface area contributed by atoms with Crippen molar-refractivity contribution >= 4 is 5.57 Å². The fraction of sp³-hybridized carbons (Fsp3) is 0.400. The summed E-state index contributed by atoms with van der Waals surface area (Å²) >= 11 is 0. The maximum Gasteiger partial charge on any atom is 0.407 e. The normalized spacial score (nSPS) is 13.9. The minimum absolute atomic E-state index is 0.0707. The number of hydrogen-bond acceptors (Lipinski definition) is 2. The standard InChI is InChI=1S/C15H17F3N2/c1-3-4-5-13(14(20)15(16,17)18)12-7-6-11(9-19)8-10(12)2/h5-8,14H,3-4,20H2,1-2H3/b13-5+. The Morgan fingerprint density at radius 1 is 1.45 bits per heavy atom. The maximum atomic E-state index is 12.9. The van der Waals surface area contributed by atoms with Crippen LogP contribution in [-0.4, -0.2) is 12.2 Å². The van der Waals surface area contributed by atoms with Crippen molar-refractivity contribution in [1.29, 1.82) is 5.26 Å². The zero-order valence-corrected chi connectivity index (χ0v) is 11.5. The van der Waals surface area contributed by atoms with Crippen molar-refractivity contribution in [2.24, 2.45) is 5.73 Å². The third-order valence-corrected chi connectivity index (χ3v) is 3.01. The van der Waals surface area contributed by atoms with Gasteiger partial charge in [-0.1, -0.05) is 25.5 Å². The molecule has 1 aromatic rings. The lowest BCUT2D eigenvalue weighted by Crippen LogP contribution is -2.38. The number of aryl methyl sites for hydroxylation is 1.